The summed E-state index contributed by atoms with van der Waals surface area (Å²) in [4.78, 5) is 30.2. The third kappa shape index (κ3) is 2.23. The van der Waals surface area contributed by atoms with Crippen molar-refractivity contribution in [3.63, 3.8) is 0 Å². The lowest BCUT2D eigenvalue weighted by Crippen LogP contribution is -2.44. The number of rotatable bonds is 2. The summed E-state index contributed by atoms with van der Waals surface area (Å²) in [5, 5.41) is 24.1. The fourth-order valence-electron chi connectivity index (χ4n) is 4.26. The van der Waals surface area contributed by atoms with E-state index in [2.05, 4.69) is 5.16 Å². The highest BCUT2D eigenvalue weighted by molar-refractivity contribution is 6.02. The number of aromatic nitrogens is 2. The highest BCUT2D eigenvalue weighted by Gasteiger charge is 2.45. The van der Waals surface area contributed by atoms with Crippen LogP contribution in [0.15, 0.2) is 40.3 Å². The molecule has 0 amide bonds. The summed E-state index contributed by atoms with van der Waals surface area (Å²) < 4.78 is 6.64. The molecule has 0 saturated heterocycles. The molecule has 3 aromatic rings. The molecule has 2 N–H and O–H groups in total. The largest absolute Gasteiger partial charge is 0.458 e. The molecule has 0 spiro atoms. The second-order valence-electron chi connectivity index (χ2n) is 7.22. The standard InChI is InChI=1S/C21H17N3O5/c1-2-21(27)15-7-17-18-13(9-24(17)19(25)14(15)10-29-20(21)26)12(8-22-28)11-5-3-4-6-16(11)23-18/h3-8,27-28H,2,9-10H2,1H3/t21-/m0/s1. The number of oxime groups is 1. The fraction of sp³-hybridized carbons (Fsp3) is 0.238. The molecular weight excluding hydrogens is 374 g/mol. The van der Waals surface area contributed by atoms with Gasteiger partial charge in [-0.3, -0.25) is 4.79 Å². The van der Waals surface area contributed by atoms with E-state index in [0.717, 1.165) is 10.9 Å². The number of fused-ring (bicyclic) bond motifs is 5. The van der Waals surface area contributed by atoms with Gasteiger partial charge in [0.15, 0.2) is 5.60 Å². The monoisotopic (exact) mass is 391 g/mol. The van der Waals surface area contributed by atoms with Gasteiger partial charge in [-0.15, -0.1) is 0 Å². The highest BCUT2D eigenvalue weighted by atomic mass is 16.6. The Bertz CT molecular complexity index is 1290. The first kappa shape index (κ1) is 17.6. The van der Waals surface area contributed by atoms with E-state index in [4.69, 9.17) is 9.72 Å². The van der Waals surface area contributed by atoms with Crippen molar-refractivity contribution in [2.75, 3.05) is 0 Å². The van der Waals surface area contributed by atoms with Crippen molar-refractivity contribution < 1.29 is 19.8 Å². The number of hydrogen-bond acceptors (Lipinski definition) is 7. The van der Waals surface area contributed by atoms with Crippen LogP contribution < -0.4 is 5.56 Å². The van der Waals surface area contributed by atoms with Crippen LogP contribution in [0.4, 0.5) is 0 Å². The molecule has 1 aromatic carbocycles. The predicted molar refractivity (Wildman–Crippen MR) is 104 cm³/mol. The summed E-state index contributed by atoms with van der Waals surface area (Å²) in [6, 6.07) is 9.08. The van der Waals surface area contributed by atoms with Crippen LogP contribution in [0.2, 0.25) is 0 Å². The predicted octanol–water partition coefficient (Wildman–Crippen LogP) is 1.89. The molecule has 2 aliphatic rings. The van der Waals surface area contributed by atoms with E-state index in [1.807, 2.05) is 24.3 Å². The van der Waals surface area contributed by atoms with Crippen molar-refractivity contribution in [2.24, 2.45) is 5.16 Å². The second kappa shape index (κ2) is 5.99. The van der Waals surface area contributed by atoms with Gasteiger partial charge in [0.1, 0.15) is 6.61 Å². The number of nitrogens with zero attached hydrogens (tertiary/aromatic N) is 3. The molecule has 8 nitrogen and oxygen atoms in total. The number of ether oxygens (including phenoxy) is 1. The zero-order valence-corrected chi connectivity index (χ0v) is 15.5. The van der Waals surface area contributed by atoms with Gasteiger partial charge in [-0.2, -0.15) is 0 Å². The third-order valence-electron chi connectivity index (χ3n) is 5.83. The second-order valence-corrected chi connectivity index (χ2v) is 7.22. The lowest BCUT2D eigenvalue weighted by Gasteiger charge is -2.31. The molecule has 1 atom stereocenters. The van der Waals surface area contributed by atoms with Crippen molar-refractivity contribution in [2.45, 2.75) is 32.1 Å². The molecule has 0 saturated carbocycles. The van der Waals surface area contributed by atoms with E-state index in [1.165, 1.54) is 6.21 Å². The van der Waals surface area contributed by atoms with E-state index >= 15 is 0 Å². The third-order valence-corrected chi connectivity index (χ3v) is 5.83. The molecule has 0 fully saturated rings. The van der Waals surface area contributed by atoms with E-state index < -0.39 is 11.6 Å². The maximum atomic E-state index is 13.2. The van der Waals surface area contributed by atoms with E-state index in [1.54, 1.807) is 17.6 Å². The van der Waals surface area contributed by atoms with Crippen LogP contribution in [0.3, 0.4) is 0 Å². The van der Waals surface area contributed by atoms with Gasteiger partial charge in [-0.25, -0.2) is 9.78 Å². The van der Waals surface area contributed by atoms with Crippen molar-refractivity contribution >= 4 is 23.1 Å². The molecular formula is C21H17N3O5. The van der Waals surface area contributed by atoms with Crippen molar-refractivity contribution in [1.29, 1.82) is 0 Å². The molecule has 0 aliphatic carbocycles. The smallest absolute Gasteiger partial charge is 0.343 e. The minimum absolute atomic E-state index is 0.0855. The normalized spacial score (nSPS) is 19.9. The molecule has 4 heterocycles. The molecule has 146 valence electrons. The first-order chi connectivity index (χ1) is 14.0. The summed E-state index contributed by atoms with van der Waals surface area (Å²) in [7, 11) is 0. The van der Waals surface area contributed by atoms with Crippen LogP contribution in [-0.4, -0.2) is 32.0 Å². The summed E-state index contributed by atoms with van der Waals surface area (Å²) >= 11 is 0. The van der Waals surface area contributed by atoms with Crippen LogP contribution in [0, 0.1) is 0 Å². The van der Waals surface area contributed by atoms with Crippen LogP contribution >= 0.6 is 0 Å². The lowest BCUT2D eigenvalue weighted by atomic mass is 9.86. The average molecular weight is 391 g/mol. The average Bonchev–Trinajstić information content (AvgIpc) is 3.10. The summed E-state index contributed by atoms with van der Waals surface area (Å²) in [5.41, 5.74) is 1.54. The van der Waals surface area contributed by atoms with E-state index in [-0.39, 0.29) is 36.3 Å². The van der Waals surface area contributed by atoms with E-state index in [9.17, 15) is 19.9 Å². The lowest BCUT2D eigenvalue weighted by molar-refractivity contribution is -0.172. The molecule has 2 aliphatic heterocycles. The number of hydrogen-bond donors (Lipinski definition) is 2. The minimum atomic E-state index is -1.86. The number of benzene rings is 1. The van der Waals surface area contributed by atoms with Gasteiger partial charge in [0.25, 0.3) is 5.56 Å². The van der Waals surface area contributed by atoms with Gasteiger partial charge < -0.3 is 19.6 Å². The van der Waals surface area contributed by atoms with Crippen LogP contribution in [0.1, 0.15) is 35.6 Å². The summed E-state index contributed by atoms with van der Waals surface area (Å²) in [5.74, 6) is -0.755. The van der Waals surface area contributed by atoms with Gasteiger partial charge in [-0.05, 0) is 18.6 Å². The Balaban J connectivity index is 1.85. The van der Waals surface area contributed by atoms with Crippen LogP contribution in [0.5, 0.6) is 0 Å². The van der Waals surface area contributed by atoms with Crippen LogP contribution in [-0.2, 0) is 28.3 Å². The minimum Gasteiger partial charge on any atom is -0.458 e. The number of esters is 1. The summed E-state index contributed by atoms with van der Waals surface area (Å²) in [6.07, 6.45) is 1.43. The molecule has 29 heavy (non-hydrogen) atoms. The number of aliphatic hydroxyl groups is 1. The Kier molecular flexibility index (Phi) is 3.63. The van der Waals surface area contributed by atoms with Gasteiger partial charge in [0, 0.05) is 22.1 Å². The molecule has 0 bridgehead atoms. The van der Waals surface area contributed by atoms with E-state index in [0.29, 0.717) is 22.5 Å². The molecule has 0 unspecified atom stereocenters. The van der Waals surface area contributed by atoms with Crippen molar-refractivity contribution in [1.82, 2.24) is 9.55 Å². The number of para-hydroxylation sites is 1. The molecule has 2 aromatic heterocycles. The zero-order chi connectivity index (χ0) is 20.3. The molecule has 5 rings (SSSR count). The number of carbonyl (C=O) groups is 1. The quantitative estimate of drug-likeness (QED) is 0.233. The highest BCUT2D eigenvalue weighted by Crippen LogP contribution is 2.39. The number of carbonyl (C=O) groups excluding carboxylic acids is 1. The Labute approximate surface area is 164 Å². The SMILES string of the molecule is CC[C@@]1(O)C(=O)OCc2c1cc1n(c2=O)Cc2c-1nc1ccccc1c2C=NO. The number of pyridine rings is 2. The zero-order valence-electron chi connectivity index (χ0n) is 15.5. The maximum absolute atomic E-state index is 13.2. The fourth-order valence-corrected chi connectivity index (χ4v) is 4.26. The summed E-state index contributed by atoms with van der Waals surface area (Å²) in [6.45, 7) is 1.73. The first-order valence-electron chi connectivity index (χ1n) is 9.25. The van der Waals surface area contributed by atoms with Gasteiger partial charge in [0.2, 0.25) is 0 Å². The molecule has 8 heteroatoms. The topological polar surface area (TPSA) is 114 Å². The van der Waals surface area contributed by atoms with Crippen LogP contribution in [0.25, 0.3) is 22.3 Å². The number of cyclic esters (lactones) is 1. The first-order valence-corrected chi connectivity index (χ1v) is 9.25. The Morgan fingerprint density at radius 3 is 2.86 bits per heavy atom. The van der Waals surface area contributed by atoms with Gasteiger partial charge >= 0.3 is 5.97 Å². The maximum Gasteiger partial charge on any atom is 0.343 e. The van der Waals surface area contributed by atoms with Gasteiger partial charge in [-0.1, -0.05) is 30.3 Å². The Hall–Kier alpha value is -3.52. The Morgan fingerprint density at radius 2 is 2.10 bits per heavy atom. The molecule has 0 radical (unpaired) electrons. The van der Waals surface area contributed by atoms with Crippen molar-refractivity contribution in [3.8, 4) is 11.4 Å². The van der Waals surface area contributed by atoms with Crippen molar-refractivity contribution in [3.05, 3.63) is 62.9 Å². The van der Waals surface area contributed by atoms with Gasteiger partial charge in [0.05, 0.1) is 35.2 Å². The Morgan fingerprint density at radius 1 is 1.31 bits per heavy atom.